The number of nitrogens with two attached hydrogens (primary N) is 1. The second kappa shape index (κ2) is 5.67. The number of benzene rings is 1. The lowest BCUT2D eigenvalue weighted by Gasteiger charge is -2.10. The standard InChI is InChI=1S/C14H17N3O2/c1-10(19-2)11-4-3-5-12(6-11)13-7-16-17(8-13)9-14(15)18/h3-8,10H,9H2,1-2H3,(H2,15,18). The van der Waals surface area contributed by atoms with E-state index in [1.807, 2.05) is 25.1 Å². The van der Waals surface area contributed by atoms with Gasteiger partial charge < -0.3 is 10.5 Å². The van der Waals surface area contributed by atoms with E-state index in [-0.39, 0.29) is 12.6 Å². The van der Waals surface area contributed by atoms with E-state index < -0.39 is 5.91 Å². The van der Waals surface area contributed by atoms with Crippen molar-refractivity contribution in [2.24, 2.45) is 5.73 Å². The summed E-state index contributed by atoms with van der Waals surface area (Å²) in [7, 11) is 1.68. The van der Waals surface area contributed by atoms with E-state index in [0.29, 0.717) is 0 Å². The Labute approximate surface area is 112 Å². The molecule has 0 spiro atoms. The van der Waals surface area contributed by atoms with Crippen LogP contribution < -0.4 is 5.73 Å². The monoisotopic (exact) mass is 259 g/mol. The third-order valence-electron chi connectivity index (χ3n) is 2.99. The molecule has 0 aliphatic heterocycles. The van der Waals surface area contributed by atoms with Crippen LogP contribution in [0.5, 0.6) is 0 Å². The first-order chi connectivity index (χ1) is 9.10. The van der Waals surface area contributed by atoms with Gasteiger partial charge in [0.05, 0.1) is 12.3 Å². The van der Waals surface area contributed by atoms with Crippen molar-refractivity contribution in [2.75, 3.05) is 7.11 Å². The normalized spacial score (nSPS) is 12.3. The molecule has 2 N–H and O–H groups in total. The Morgan fingerprint density at radius 3 is 2.95 bits per heavy atom. The number of carbonyl (C=O) groups is 1. The summed E-state index contributed by atoms with van der Waals surface area (Å²) in [6, 6.07) is 8.05. The third-order valence-corrected chi connectivity index (χ3v) is 2.99. The van der Waals surface area contributed by atoms with Crippen molar-refractivity contribution in [3.63, 3.8) is 0 Å². The molecule has 0 aliphatic rings. The lowest BCUT2D eigenvalue weighted by molar-refractivity contribution is -0.118. The minimum Gasteiger partial charge on any atom is -0.377 e. The Balaban J connectivity index is 2.26. The maximum Gasteiger partial charge on any atom is 0.239 e. The molecule has 0 radical (unpaired) electrons. The van der Waals surface area contributed by atoms with Crippen LogP contribution in [-0.2, 0) is 16.1 Å². The second-order valence-electron chi connectivity index (χ2n) is 4.40. The van der Waals surface area contributed by atoms with E-state index in [2.05, 4.69) is 11.2 Å². The Bertz CT molecular complexity index is 578. The van der Waals surface area contributed by atoms with E-state index in [4.69, 9.17) is 10.5 Å². The Kier molecular flexibility index (Phi) is 3.97. The molecular weight excluding hydrogens is 242 g/mol. The number of nitrogens with zero attached hydrogens (tertiary/aromatic N) is 2. The molecule has 5 heteroatoms. The maximum atomic E-state index is 10.8. The zero-order chi connectivity index (χ0) is 13.8. The van der Waals surface area contributed by atoms with E-state index in [1.165, 1.54) is 4.68 Å². The first-order valence-corrected chi connectivity index (χ1v) is 6.04. The highest BCUT2D eigenvalue weighted by Crippen LogP contribution is 2.24. The van der Waals surface area contributed by atoms with Gasteiger partial charge in [0, 0.05) is 18.9 Å². The van der Waals surface area contributed by atoms with Crippen LogP contribution in [0.25, 0.3) is 11.1 Å². The highest BCUT2D eigenvalue weighted by molar-refractivity contribution is 5.73. The molecule has 2 rings (SSSR count). The molecule has 1 atom stereocenters. The van der Waals surface area contributed by atoms with Crippen molar-refractivity contribution in [2.45, 2.75) is 19.6 Å². The number of ether oxygens (including phenoxy) is 1. The fourth-order valence-electron chi connectivity index (χ4n) is 1.87. The number of primary amides is 1. The van der Waals surface area contributed by atoms with Crippen LogP contribution in [0, 0.1) is 0 Å². The Morgan fingerprint density at radius 2 is 2.26 bits per heavy atom. The lowest BCUT2D eigenvalue weighted by Crippen LogP contribution is -2.18. The number of hydrogen-bond acceptors (Lipinski definition) is 3. The summed E-state index contributed by atoms with van der Waals surface area (Å²) in [4.78, 5) is 10.8. The first kappa shape index (κ1) is 13.3. The molecule has 1 aromatic carbocycles. The molecule has 1 aromatic heterocycles. The van der Waals surface area contributed by atoms with E-state index in [9.17, 15) is 4.79 Å². The van der Waals surface area contributed by atoms with Crippen molar-refractivity contribution in [1.82, 2.24) is 9.78 Å². The third kappa shape index (κ3) is 3.20. The van der Waals surface area contributed by atoms with Crippen LogP contribution >= 0.6 is 0 Å². The molecule has 5 nitrogen and oxygen atoms in total. The van der Waals surface area contributed by atoms with Gasteiger partial charge >= 0.3 is 0 Å². The molecule has 0 aliphatic carbocycles. The SMILES string of the molecule is COC(C)c1cccc(-c2cnn(CC(N)=O)c2)c1. The highest BCUT2D eigenvalue weighted by Gasteiger charge is 2.07. The van der Waals surface area contributed by atoms with Gasteiger partial charge in [-0.15, -0.1) is 0 Å². The van der Waals surface area contributed by atoms with Gasteiger partial charge in [0.25, 0.3) is 0 Å². The fraction of sp³-hybridized carbons (Fsp3) is 0.286. The van der Waals surface area contributed by atoms with Crippen LogP contribution in [-0.4, -0.2) is 22.8 Å². The molecule has 1 heterocycles. The molecule has 0 bridgehead atoms. The summed E-state index contributed by atoms with van der Waals surface area (Å²) in [6.07, 6.45) is 3.57. The van der Waals surface area contributed by atoms with Gasteiger partial charge in [-0.2, -0.15) is 5.10 Å². The van der Waals surface area contributed by atoms with Crippen LogP contribution in [0.3, 0.4) is 0 Å². The maximum absolute atomic E-state index is 10.8. The van der Waals surface area contributed by atoms with Crippen LogP contribution in [0.15, 0.2) is 36.7 Å². The van der Waals surface area contributed by atoms with Gasteiger partial charge in [-0.05, 0) is 24.1 Å². The molecule has 0 saturated carbocycles. The van der Waals surface area contributed by atoms with Crippen LogP contribution in [0.1, 0.15) is 18.6 Å². The van der Waals surface area contributed by atoms with Crippen LogP contribution in [0.2, 0.25) is 0 Å². The van der Waals surface area contributed by atoms with E-state index in [0.717, 1.165) is 16.7 Å². The summed E-state index contributed by atoms with van der Waals surface area (Å²) >= 11 is 0. The fourth-order valence-corrected chi connectivity index (χ4v) is 1.87. The van der Waals surface area contributed by atoms with Crippen LogP contribution in [0.4, 0.5) is 0 Å². The van der Waals surface area contributed by atoms with Crippen molar-refractivity contribution < 1.29 is 9.53 Å². The summed E-state index contributed by atoms with van der Waals surface area (Å²) in [5.74, 6) is -0.406. The molecule has 1 unspecified atom stereocenters. The Hall–Kier alpha value is -2.14. The van der Waals surface area contributed by atoms with Gasteiger partial charge in [0.2, 0.25) is 5.91 Å². The second-order valence-corrected chi connectivity index (χ2v) is 4.40. The molecule has 0 saturated heterocycles. The lowest BCUT2D eigenvalue weighted by atomic mass is 10.0. The van der Waals surface area contributed by atoms with E-state index >= 15 is 0 Å². The topological polar surface area (TPSA) is 70.1 Å². The minimum atomic E-state index is -0.406. The molecular formula is C14H17N3O2. The van der Waals surface area contributed by atoms with Gasteiger partial charge in [0.15, 0.2) is 0 Å². The van der Waals surface area contributed by atoms with Crippen molar-refractivity contribution in [3.05, 3.63) is 42.2 Å². The van der Waals surface area contributed by atoms with Gasteiger partial charge in [-0.3, -0.25) is 9.48 Å². The number of amides is 1. The minimum absolute atomic E-state index is 0.0422. The van der Waals surface area contributed by atoms with Gasteiger partial charge in [-0.25, -0.2) is 0 Å². The quantitative estimate of drug-likeness (QED) is 0.889. The average Bonchev–Trinajstić information content (AvgIpc) is 2.85. The van der Waals surface area contributed by atoms with E-state index in [1.54, 1.807) is 19.5 Å². The highest BCUT2D eigenvalue weighted by atomic mass is 16.5. The molecule has 2 aromatic rings. The largest absolute Gasteiger partial charge is 0.377 e. The van der Waals surface area contributed by atoms with Crippen molar-refractivity contribution in [1.29, 1.82) is 0 Å². The molecule has 0 fully saturated rings. The Morgan fingerprint density at radius 1 is 1.47 bits per heavy atom. The predicted molar refractivity (Wildman–Crippen MR) is 72.3 cm³/mol. The number of methoxy groups -OCH3 is 1. The smallest absolute Gasteiger partial charge is 0.239 e. The average molecular weight is 259 g/mol. The number of aromatic nitrogens is 2. The van der Waals surface area contributed by atoms with Gasteiger partial charge in [-0.1, -0.05) is 18.2 Å². The first-order valence-electron chi connectivity index (χ1n) is 6.04. The molecule has 100 valence electrons. The summed E-state index contributed by atoms with van der Waals surface area (Å²) < 4.78 is 6.83. The number of hydrogen-bond donors (Lipinski definition) is 1. The van der Waals surface area contributed by atoms with Crippen molar-refractivity contribution >= 4 is 5.91 Å². The summed E-state index contributed by atoms with van der Waals surface area (Å²) in [5, 5.41) is 4.11. The zero-order valence-corrected chi connectivity index (χ0v) is 11.0. The summed E-state index contributed by atoms with van der Waals surface area (Å²) in [5.41, 5.74) is 8.23. The zero-order valence-electron chi connectivity index (χ0n) is 11.0. The van der Waals surface area contributed by atoms with Gasteiger partial charge in [0.1, 0.15) is 6.54 Å². The number of carbonyl (C=O) groups excluding carboxylic acids is 1. The van der Waals surface area contributed by atoms with Crippen molar-refractivity contribution in [3.8, 4) is 11.1 Å². The molecule has 19 heavy (non-hydrogen) atoms. The number of rotatable bonds is 5. The molecule has 1 amide bonds. The predicted octanol–water partition coefficient (Wildman–Crippen LogP) is 1.74. The summed E-state index contributed by atoms with van der Waals surface area (Å²) in [6.45, 7) is 2.09.